The zero-order chi connectivity index (χ0) is 14.8. The fourth-order valence-corrected chi connectivity index (χ4v) is 2.95. The van der Waals surface area contributed by atoms with Gasteiger partial charge in [-0.3, -0.25) is 4.90 Å². The zero-order valence-electron chi connectivity index (χ0n) is 13.1. The van der Waals surface area contributed by atoms with E-state index in [1.807, 2.05) is 0 Å². The molecule has 5 heteroatoms. The second-order valence-electron chi connectivity index (χ2n) is 6.14. The molecule has 2 aromatic rings. The Hall–Kier alpha value is -1.43. The lowest BCUT2D eigenvalue weighted by molar-refractivity contribution is -0.0409. The lowest BCUT2D eigenvalue weighted by Gasteiger charge is -2.33. The topological polar surface area (TPSA) is 33.0 Å². The summed E-state index contributed by atoms with van der Waals surface area (Å²) in [4.78, 5) is 9.38. The molecule has 0 spiro atoms. The minimum absolute atomic E-state index is 0.299. The third kappa shape index (κ3) is 3.43. The first kappa shape index (κ1) is 14.5. The van der Waals surface area contributed by atoms with E-state index in [1.54, 1.807) is 0 Å². The molecule has 0 N–H and O–H groups in total. The largest absolute Gasteiger partial charge is 0.374 e. The summed E-state index contributed by atoms with van der Waals surface area (Å²) < 4.78 is 7.94. The zero-order valence-corrected chi connectivity index (χ0v) is 13.1. The molecule has 1 fully saturated rings. The predicted octanol–water partition coefficient (Wildman–Crippen LogP) is 1.41. The molecule has 0 bridgehead atoms. The highest BCUT2D eigenvalue weighted by molar-refractivity contribution is 5.47. The molecular formula is C16H24N4O. The molecule has 2 aromatic heterocycles. The van der Waals surface area contributed by atoms with Gasteiger partial charge in [-0.1, -0.05) is 6.07 Å². The number of ether oxygens (including phenoxy) is 1. The standard InChI is InChI=1S/C16H24N4O/c1-13-5-4-6-20-10-14(17-16(13)20)9-19-7-8-21-15(12-19)11-18(2)3/h4-6,10,15H,7-9,11-12H2,1-3H3/t15-/m0/s1. The van der Waals surface area contributed by atoms with E-state index in [-0.39, 0.29) is 0 Å². The SMILES string of the molecule is Cc1cccn2cc(CN3CCO[C@@H](CN(C)C)C3)nc12. The van der Waals surface area contributed by atoms with Crippen LogP contribution in [0.1, 0.15) is 11.3 Å². The predicted molar refractivity (Wildman–Crippen MR) is 83.5 cm³/mol. The molecule has 5 nitrogen and oxygen atoms in total. The summed E-state index contributed by atoms with van der Waals surface area (Å²) in [7, 11) is 4.18. The number of hydrogen-bond donors (Lipinski definition) is 0. The van der Waals surface area contributed by atoms with Gasteiger partial charge >= 0.3 is 0 Å². The summed E-state index contributed by atoms with van der Waals surface area (Å²) in [5.41, 5.74) is 3.41. The molecule has 0 saturated carbocycles. The highest BCUT2D eigenvalue weighted by Gasteiger charge is 2.21. The van der Waals surface area contributed by atoms with E-state index in [2.05, 4.69) is 59.7 Å². The smallest absolute Gasteiger partial charge is 0.139 e. The number of aryl methyl sites for hydroxylation is 1. The maximum absolute atomic E-state index is 5.83. The van der Waals surface area contributed by atoms with Gasteiger partial charge in [0, 0.05) is 38.6 Å². The molecule has 0 aromatic carbocycles. The molecule has 114 valence electrons. The van der Waals surface area contributed by atoms with E-state index < -0.39 is 0 Å². The van der Waals surface area contributed by atoms with Gasteiger partial charge in [0.2, 0.25) is 0 Å². The van der Waals surface area contributed by atoms with Gasteiger partial charge in [-0.25, -0.2) is 4.98 Å². The lowest BCUT2D eigenvalue weighted by atomic mass is 10.2. The van der Waals surface area contributed by atoms with Crippen LogP contribution in [0.4, 0.5) is 0 Å². The van der Waals surface area contributed by atoms with E-state index in [4.69, 9.17) is 9.72 Å². The summed E-state index contributed by atoms with van der Waals surface area (Å²) in [6.45, 7) is 6.75. The van der Waals surface area contributed by atoms with Crippen LogP contribution >= 0.6 is 0 Å². The van der Waals surface area contributed by atoms with Gasteiger partial charge in [0.15, 0.2) is 0 Å². The van der Waals surface area contributed by atoms with Crippen molar-refractivity contribution in [1.82, 2.24) is 19.2 Å². The van der Waals surface area contributed by atoms with Gasteiger partial charge in [0.25, 0.3) is 0 Å². The quantitative estimate of drug-likeness (QED) is 0.851. The Morgan fingerprint density at radius 1 is 1.43 bits per heavy atom. The normalized spacial score (nSPS) is 20.5. The minimum Gasteiger partial charge on any atom is -0.374 e. The molecule has 21 heavy (non-hydrogen) atoms. The Balaban J connectivity index is 1.68. The lowest BCUT2D eigenvalue weighted by Crippen LogP contribution is -2.46. The molecule has 0 aliphatic carbocycles. The first-order chi connectivity index (χ1) is 10.1. The Bertz CT molecular complexity index is 607. The summed E-state index contributed by atoms with van der Waals surface area (Å²) in [6.07, 6.45) is 4.50. The molecule has 0 unspecified atom stereocenters. The summed E-state index contributed by atoms with van der Waals surface area (Å²) >= 11 is 0. The second kappa shape index (κ2) is 6.13. The molecule has 1 aliphatic rings. The second-order valence-corrected chi connectivity index (χ2v) is 6.14. The number of morpholine rings is 1. The van der Waals surface area contributed by atoms with Crippen LogP contribution in [0, 0.1) is 6.92 Å². The van der Waals surface area contributed by atoms with E-state index in [0.29, 0.717) is 6.10 Å². The highest BCUT2D eigenvalue weighted by atomic mass is 16.5. The number of aromatic nitrogens is 2. The van der Waals surface area contributed by atoms with Gasteiger partial charge in [0.05, 0.1) is 18.4 Å². The van der Waals surface area contributed by atoms with Crippen molar-refractivity contribution in [2.45, 2.75) is 19.6 Å². The number of imidazole rings is 1. The third-order valence-corrected chi connectivity index (χ3v) is 3.91. The van der Waals surface area contributed by atoms with Crippen LogP contribution in [0.15, 0.2) is 24.5 Å². The molecule has 1 saturated heterocycles. The number of nitrogens with zero attached hydrogens (tertiary/aromatic N) is 4. The summed E-state index contributed by atoms with van der Waals surface area (Å²) in [5, 5.41) is 0. The molecule has 0 radical (unpaired) electrons. The van der Waals surface area contributed by atoms with Crippen molar-refractivity contribution in [3.8, 4) is 0 Å². The molecule has 3 heterocycles. The van der Waals surface area contributed by atoms with E-state index in [0.717, 1.165) is 44.1 Å². The van der Waals surface area contributed by atoms with Crippen LogP contribution < -0.4 is 0 Å². The van der Waals surface area contributed by atoms with Crippen LogP contribution in [0.5, 0.6) is 0 Å². The fourth-order valence-electron chi connectivity index (χ4n) is 2.95. The van der Waals surface area contributed by atoms with Crippen molar-refractivity contribution in [3.63, 3.8) is 0 Å². The van der Waals surface area contributed by atoms with Crippen molar-refractivity contribution in [1.29, 1.82) is 0 Å². The van der Waals surface area contributed by atoms with Crippen LogP contribution in [0.3, 0.4) is 0 Å². The van der Waals surface area contributed by atoms with E-state index in [1.165, 1.54) is 5.56 Å². The number of hydrogen-bond acceptors (Lipinski definition) is 4. The average Bonchev–Trinajstić information content (AvgIpc) is 2.82. The number of rotatable bonds is 4. The van der Waals surface area contributed by atoms with Crippen molar-refractivity contribution < 1.29 is 4.74 Å². The van der Waals surface area contributed by atoms with Crippen LogP contribution in [-0.2, 0) is 11.3 Å². The molecular weight excluding hydrogens is 264 g/mol. The van der Waals surface area contributed by atoms with Gasteiger partial charge < -0.3 is 14.0 Å². The van der Waals surface area contributed by atoms with Crippen molar-refractivity contribution >= 4 is 5.65 Å². The van der Waals surface area contributed by atoms with E-state index in [9.17, 15) is 0 Å². The minimum atomic E-state index is 0.299. The van der Waals surface area contributed by atoms with Crippen molar-refractivity contribution in [2.24, 2.45) is 0 Å². The van der Waals surface area contributed by atoms with E-state index >= 15 is 0 Å². The Kier molecular flexibility index (Phi) is 4.24. The van der Waals surface area contributed by atoms with Gasteiger partial charge in [0.1, 0.15) is 5.65 Å². The van der Waals surface area contributed by atoms with Gasteiger partial charge in [-0.2, -0.15) is 0 Å². The molecule has 3 rings (SSSR count). The van der Waals surface area contributed by atoms with Crippen LogP contribution in [0.2, 0.25) is 0 Å². The first-order valence-corrected chi connectivity index (χ1v) is 7.54. The summed E-state index contributed by atoms with van der Waals surface area (Å²) in [5.74, 6) is 0. The van der Waals surface area contributed by atoms with Gasteiger partial charge in [-0.05, 0) is 32.6 Å². The number of fused-ring (bicyclic) bond motifs is 1. The van der Waals surface area contributed by atoms with Crippen LogP contribution in [0.25, 0.3) is 5.65 Å². The molecule has 1 aliphatic heterocycles. The average molecular weight is 288 g/mol. The Labute approximate surface area is 126 Å². The highest BCUT2D eigenvalue weighted by Crippen LogP contribution is 2.14. The third-order valence-electron chi connectivity index (χ3n) is 3.91. The molecule has 1 atom stereocenters. The fraction of sp³-hybridized carbons (Fsp3) is 0.562. The Morgan fingerprint density at radius 2 is 2.29 bits per heavy atom. The molecule has 0 amide bonds. The summed E-state index contributed by atoms with van der Waals surface area (Å²) in [6, 6.07) is 4.17. The van der Waals surface area contributed by atoms with Crippen molar-refractivity contribution in [3.05, 3.63) is 35.8 Å². The maximum atomic E-state index is 5.83. The van der Waals surface area contributed by atoms with Gasteiger partial charge in [-0.15, -0.1) is 0 Å². The van der Waals surface area contributed by atoms with Crippen LogP contribution in [-0.4, -0.2) is 65.6 Å². The van der Waals surface area contributed by atoms with Crippen molar-refractivity contribution in [2.75, 3.05) is 40.3 Å². The monoisotopic (exact) mass is 288 g/mol. The maximum Gasteiger partial charge on any atom is 0.139 e. The Morgan fingerprint density at radius 3 is 3.05 bits per heavy atom. The number of pyridine rings is 1. The number of likely N-dealkylation sites (N-methyl/N-ethyl adjacent to an activating group) is 1. The first-order valence-electron chi connectivity index (χ1n) is 7.54.